The van der Waals surface area contributed by atoms with Crippen molar-refractivity contribution in [1.82, 2.24) is 24.4 Å². The maximum Gasteiger partial charge on any atom is 0.415 e. The van der Waals surface area contributed by atoms with Crippen LogP contribution in [0.15, 0.2) is 61.0 Å². The fourth-order valence-electron chi connectivity index (χ4n) is 4.06. The molecule has 0 aliphatic carbocycles. The highest BCUT2D eigenvalue weighted by Crippen LogP contribution is 2.33. The number of halogens is 1. The molecule has 0 spiro atoms. The fraction of sp³-hybridized carbons (Fsp3) is 0.261. The average Bonchev–Trinajstić information content (AvgIpc) is 3.19. The third-order valence-corrected chi connectivity index (χ3v) is 5.89. The van der Waals surface area contributed by atoms with Gasteiger partial charge in [-0.05, 0) is 43.4 Å². The number of allylic oxidation sites excluding steroid dienone is 2. The number of aromatic nitrogens is 3. The molecule has 0 bridgehead atoms. The SMILES string of the molecule is CN1CCN(c2ccc3nc(-c4ccc(F)cc4)c(C4C=CN(C(=O)O)C=C4)n3n2)CC1. The number of hydrogen-bond acceptors (Lipinski definition) is 5. The Bertz CT molecular complexity index is 1200. The highest BCUT2D eigenvalue weighted by atomic mass is 19.1. The molecule has 0 saturated carbocycles. The van der Waals surface area contributed by atoms with Crippen molar-refractivity contribution in [2.45, 2.75) is 5.92 Å². The van der Waals surface area contributed by atoms with Crippen LogP contribution in [0.3, 0.4) is 0 Å². The van der Waals surface area contributed by atoms with Crippen molar-refractivity contribution in [3.8, 4) is 11.3 Å². The van der Waals surface area contributed by atoms with Gasteiger partial charge >= 0.3 is 6.09 Å². The zero-order chi connectivity index (χ0) is 22.2. The Morgan fingerprint density at radius 1 is 1.03 bits per heavy atom. The highest BCUT2D eigenvalue weighted by molar-refractivity contribution is 5.70. The van der Waals surface area contributed by atoms with E-state index >= 15 is 0 Å². The van der Waals surface area contributed by atoms with Gasteiger partial charge in [0.25, 0.3) is 0 Å². The van der Waals surface area contributed by atoms with Gasteiger partial charge in [-0.25, -0.2) is 18.7 Å². The maximum atomic E-state index is 13.5. The van der Waals surface area contributed by atoms with Crippen molar-refractivity contribution in [3.63, 3.8) is 0 Å². The summed E-state index contributed by atoms with van der Waals surface area (Å²) in [6.07, 6.45) is 5.59. The predicted molar refractivity (Wildman–Crippen MR) is 119 cm³/mol. The summed E-state index contributed by atoms with van der Waals surface area (Å²) in [4.78, 5) is 21.7. The van der Waals surface area contributed by atoms with Gasteiger partial charge in [0.1, 0.15) is 11.6 Å². The normalized spacial score (nSPS) is 17.4. The molecule has 32 heavy (non-hydrogen) atoms. The molecule has 1 aromatic carbocycles. The number of piperazine rings is 1. The summed E-state index contributed by atoms with van der Waals surface area (Å²) in [5.41, 5.74) is 2.95. The number of nitrogens with zero attached hydrogens (tertiary/aromatic N) is 6. The third kappa shape index (κ3) is 3.71. The van der Waals surface area contributed by atoms with Crippen molar-refractivity contribution in [2.75, 3.05) is 38.1 Å². The van der Waals surface area contributed by atoms with Crippen LogP contribution in [0.25, 0.3) is 16.9 Å². The van der Waals surface area contributed by atoms with E-state index in [0.29, 0.717) is 11.3 Å². The molecule has 2 aliphatic rings. The van der Waals surface area contributed by atoms with E-state index in [9.17, 15) is 14.3 Å². The van der Waals surface area contributed by atoms with Crippen molar-refractivity contribution in [2.24, 2.45) is 0 Å². The Kier molecular flexibility index (Phi) is 5.10. The summed E-state index contributed by atoms with van der Waals surface area (Å²) < 4.78 is 15.4. The molecule has 5 rings (SSSR count). The van der Waals surface area contributed by atoms with E-state index in [2.05, 4.69) is 16.8 Å². The van der Waals surface area contributed by atoms with E-state index in [4.69, 9.17) is 10.1 Å². The first-order valence-corrected chi connectivity index (χ1v) is 10.5. The molecule has 0 radical (unpaired) electrons. The molecule has 1 N–H and O–H groups in total. The second-order valence-corrected chi connectivity index (χ2v) is 8.00. The van der Waals surface area contributed by atoms with Crippen LogP contribution in [0.1, 0.15) is 11.6 Å². The minimum Gasteiger partial charge on any atom is -0.464 e. The molecule has 8 nitrogen and oxygen atoms in total. The van der Waals surface area contributed by atoms with Crippen LogP contribution < -0.4 is 4.90 Å². The number of fused-ring (bicyclic) bond motifs is 1. The van der Waals surface area contributed by atoms with Crippen molar-refractivity contribution < 1.29 is 14.3 Å². The Labute approximate surface area is 184 Å². The van der Waals surface area contributed by atoms with Gasteiger partial charge in [-0.3, -0.25) is 4.90 Å². The van der Waals surface area contributed by atoms with Gasteiger partial charge in [-0.15, -0.1) is 5.10 Å². The van der Waals surface area contributed by atoms with Gasteiger partial charge in [0.15, 0.2) is 5.65 Å². The van der Waals surface area contributed by atoms with Crippen molar-refractivity contribution >= 4 is 17.6 Å². The van der Waals surface area contributed by atoms with Gasteiger partial charge in [-0.1, -0.05) is 12.2 Å². The second-order valence-electron chi connectivity index (χ2n) is 8.00. The second kappa shape index (κ2) is 8.08. The lowest BCUT2D eigenvalue weighted by molar-refractivity contribution is 0.175. The number of likely N-dealkylation sites (N-methyl/N-ethyl adjacent to an activating group) is 1. The lowest BCUT2D eigenvalue weighted by atomic mass is 9.98. The van der Waals surface area contributed by atoms with Crippen molar-refractivity contribution in [1.29, 1.82) is 0 Å². The van der Waals surface area contributed by atoms with E-state index < -0.39 is 6.09 Å². The van der Waals surface area contributed by atoms with E-state index in [1.165, 1.54) is 24.5 Å². The molecule has 1 amide bonds. The molecule has 2 aromatic heterocycles. The largest absolute Gasteiger partial charge is 0.464 e. The summed E-state index contributed by atoms with van der Waals surface area (Å²) in [5.74, 6) is 0.311. The van der Waals surface area contributed by atoms with Gasteiger partial charge in [0.2, 0.25) is 0 Å². The Hall–Kier alpha value is -3.72. The summed E-state index contributed by atoms with van der Waals surface area (Å²) in [6.45, 7) is 3.72. The van der Waals surface area contributed by atoms with Crippen LogP contribution in [-0.2, 0) is 0 Å². The third-order valence-electron chi connectivity index (χ3n) is 5.89. The number of carboxylic acid groups (broad SMARTS) is 1. The summed E-state index contributed by atoms with van der Waals surface area (Å²) in [6, 6.07) is 10.1. The first kappa shape index (κ1) is 20.2. The number of hydrogen-bond donors (Lipinski definition) is 1. The molecular weight excluding hydrogens is 411 g/mol. The minimum absolute atomic E-state index is 0.240. The molecule has 1 saturated heterocycles. The Balaban J connectivity index is 1.61. The zero-order valence-electron chi connectivity index (χ0n) is 17.6. The number of rotatable bonds is 3. The number of anilines is 1. The Morgan fingerprint density at radius 3 is 2.38 bits per heavy atom. The van der Waals surface area contributed by atoms with Crippen LogP contribution in [0.5, 0.6) is 0 Å². The van der Waals surface area contributed by atoms with E-state index in [1.807, 2.05) is 16.6 Å². The van der Waals surface area contributed by atoms with Crippen LogP contribution in [0.2, 0.25) is 0 Å². The number of carbonyl (C=O) groups is 1. The van der Waals surface area contributed by atoms with Crippen LogP contribution in [0, 0.1) is 5.82 Å². The van der Waals surface area contributed by atoms with Crippen LogP contribution in [-0.4, -0.2) is 68.8 Å². The lowest BCUT2D eigenvalue weighted by Crippen LogP contribution is -2.45. The topological polar surface area (TPSA) is 77.2 Å². The molecular formula is C23H23FN6O2. The molecule has 3 aromatic rings. The fourth-order valence-corrected chi connectivity index (χ4v) is 4.06. The van der Waals surface area contributed by atoms with E-state index in [1.54, 1.807) is 24.3 Å². The number of amides is 1. The van der Waals surface area contributed by atoms with E-state index in [-0.39, 0.29) is 11.7 Å². The molecule has 2 aliphatic heterocycles. The van der Waals surface area contributed by atoms with Crippen molar-refractivity contribution in [3.05, 3.63) is 72.5 Å². The molecule has 164 valence electrons. The predicted octanol–water partition coefficient (Wildman–Crippen LogP) is 3.39. The maximum absolute atomic E-state index is 13.5. The Morgan fingerprint density at radius 2 is 1.72 bits per heavy atom. The lowest BCUT2D eigenvalue weighted by Gasteiger charge is -2.33. The number of benzene rings is 1. The monoisotopic (exact) mass is 434 g/mol. The van der Waals surface area contributed by atoms with Crippen LogP contribution >= 0.6 is 0 Å². The van der Waals surface area contributed by atoms with Crippen LogP contribution in [0.4, 0.5) is 15.0 Å². The zero-order valence-corrected chi connectivity index (χ0v) is 17.6. The average molecular weight is 434 g/mol. The van der Waals surface area contributed by atoms with Gasteiger partial charge < -0.3 is 14.9 Å². The summed E-state index contributed by atoms with van der Waals surface area (Å²) in [5, 5.41) is 14.1. The molecule has 9 heteroatoms. The quantitative estimate of drug-likeness (QED) is 0.681. The smallest absolute Gasteiger partial charge is 0.415 e. The van der Waals surface area contributed by atoms with Gasteiger partial charge in [0.05, 0.1) is 11.4 Å². The molecule has 0 unspecified atom stereocenters. The first-order valence-electron chi connectivity index (χ1n) is 10.5. The number of imidazole rings is 1. The standard InChI is InChI=1S/C23H23FN6O2/c1-27-12-14-28(15-13-27)20-7-6-19-25-21(16-2-4-18(24)5-3-16)22(30(19)26-20)17-8-10-29(11-9-17)23(31)32/h2-11,17H,12-15H2,1H3,(H,31,32). The van der Waals surface area contributed by atoms with Gasteiger partial charge in [0, 0.05) is 50.1 Å². The summed E-state index contributed by atoms with van der Waals surface area (Å²) >= 11 is 0. The molecule has 1 fully saturated rings. The minimum atomic E-state index is -1.05. The first-order chi connectivity index (χ1) is 15.5. The highest BCUT2D eigenvalue weighted by Gasteiger charge is 2.24. The summed E-state index contributed by atoms with van der Waals surface area (Å²) in [7, 11) is 2.11. The van der Waals surface area contributed by atoms with E-state index in [0.717, 1.165) is 48.2 Å². The molecule has 4 heterocycles. The van der Waals surface area contributed by atoms with Gasteiger partial charge in [-0.2, -0.15) is 0 Å². The molecule has 0 atom stereocenters.